The monoisotopic (exact) mass is 609 g/mol. The Hall–Kier alpha value is -4.74. The van der Waals surface area contributed by atoms with Crippen LogP contribution in [0.2, 0.25) is 0 Å². The number of aryl methyl sites for hydroxylation is 3. The fourth-order valence-electron chi connectivity index (χ4n) is 5.20. The minimum absolute atomic E-state index is 0.0666. The van der Waals surface area contributed by atoms with Crippen molar-refractivity contribution in [2.45, 2.75) is 27.7 Å². The molecule has 1 aliphatic heterocycles. The molecule has 1 amide bonds. The number of anilines is 1. The molecule has 6 rings (SSSR count). The lowest BCUT2D eigenvalue weighted by Crippen LogP contribution is -2.33. The molecule has 11 heteroatoms. The number of para-hydroxylation sites is 1. The van der Waals surface area contributed by atoms with E-state index in [1.165, 1.54) is 20.1 Å². The van der Waals surface area contributed by atoms with Crippen LogP contribution in [0.5, 0.6) is 11.6 Å². The second-order valence-corrected chi connectivity index (χ2v) is 12.0. The lowest BCUT2D eigenvalue weighted by atomic mass is 10.1. The maximum Gasteiger partial charge on any atom is 0.296 e. The molecule has 216 valence electrons. The summed E-state index contributed by atoms with van der Waals surface area (Å²) in [5.41, 5.74) is 3.90. The first-order chi connectivity index (χ1) is 20.5. The summed E-state index contributed by atoms with van der Waals surface area (Å²) in [6, 6.07) is 18.5. The smallest absolute Gasteiger partial charge is 0.296 e. The number of ether oxygens (including phenoxy) is 1. The Morgan fingerprint density at radius 2 is 1.60 bits per heavy atom. The number of benzene rings is 2. The minimum atomic E-state index is -0.507. The highest BCUT2D eigenvalue weighted by Crippen LogP contribution is 2.37. The van der Waals surface area contributed by atoms with Crippen LogP contribution >= 0.6 is 24.0 Å². The largest absolute Gasteiger partial charge is 0.438 e. The first-order valence-electron chi connectivity index (χ1n) is 13.4. The van der Waals surface area contributed by atoms with Gasteiger partial charge in [-0.25, -0.2) is 4.68 Å². The Morgan fingerprint density at radius 3 is 2.30 bits per heavy atom. The highest BCUT2D eigenvalue weighted by atomic mass is 32.2. The Balaban J connectivity index is 1.48. The molecule has 1 saturated heterocycles. The van der Waals surface area contributed by atoms with Crippen LogP contribution in [0.15, 0.2) is 81.4 Å². The zero-order chi connectivity index (χ0) is 30.6. The quantitative estimate of drug-likeness (QED) is 0.189. The number of hydrogen-bond donors (Lipinski definition) is 0. The van der Waals surface area contributed by atoms with Gasteiger partial charge in [0.15, 0.2) is 4.32 Å². The van der Waals surface area contributed by atoms with Gasteiger partial charge < -0.3 is 4.74 Å². The fourth-order valence-corrected chi connectivity index (χ4v) is 6.45. The topological polar surface area (TPSA) is 90.8 Å². The number of rotatable bonds is 5. The van der Waals surface area contributed by atoms with Crippen molar-refractivity contribution >= 4 is 51.6 Å². The van der Waals surface area contributed by atoms with Crippen molar-refractivity contribution in [1.82, 2.24) is 18.7 Å². The second kappa shape index (κ2) is 10.8. The van der Waals surface area contributed by atoms with Gasteiger partial charge in [-0.05, 0) is 80.8 Å². The van der Waals surface area contributed by atoms with Gasteiger partial charge in [0.1, 0.15) is 22.6 Å². The van der Waals surface area contributed by atoms with Gasteiger partial charge in [-0.3, -0.25) is 28.4 Å². The number of pyridine rings is 1. The van der Waals surface area contributed by atoms with Gasteiger partial charge in [0.25, 0.3) is 17.0 Å². The molecule has 3 aromatic heterocycles. The van der Waals surface area contributed by atoms with Crippen molar-refractivity contribution < 1.29 is 9.53 Å². The summed E-state index contributed by atoms with van der Waals surface area (Å²) in [7, 11) is 1.75. The van der Waals surface area contributed by atoms with E-state index in [2.05, 4.69) is 0 Å². The van der Waals surface area contributed by atoms with E-state index in [4.69, 9.17) is 21.9 Å². The third kappa shape index (κ3) is 4.90. The number of thiocarbonyl (C=S) groups is 1. The van der Waals surface area contributed by atoms with Gasteiger partial charge >= 0.3 is 0 Å². The van der Waals surface area contributed by atoms with Crippen LogP contribution < -0.4 is 20.8 Å². The van der Waals surface area contributed by atoms with E-state index in [0.717, 1.165) is 28.5 Å². The van der Waals surface area contributed by atoms with E-state index in [-0.39, 0.29) is 31.9 Å². The number of nitrogens with zero attached hydrogens (tertiary/aromatic N) is 5. The van der Waals surface area contributed by atoms with Crippen LogP contribution in [-0.4, -0.2) is 29.0 Å². The summed E-state index contributed by atoms with van der Waals surface area (Å²) in [5.74, 6) is 0.0786. The summed E-state index contributed by atoms with van der Waals surface area (Å²) < 4.78 is 11.0. The number of thioether (sulfide) groups is 1. The van der Waals surface area contributed by atoms with Crippen molar-refractivity contribution in [3.8, 4) is 17.3 Å². The average Bonchev–Trinajstić information content (AvgIpc) is 3.35. The van der Waals surface area contributed by atoms with Crippen LogP contribution in [0.4, 0.5) is 5.69 Å². The predicted molar refractivity (Wildman–Crippen MR) is 174 cm³/mol. The van der Waals surface area contributed by atoms with Gasteiger partial charge in [0, 0.05) is 13.2 Å². The summed E-state index contributed by atoms with van der Waals surface area (Å²) in [5, 5.41) is 0. The van der Waals surface area contributed by atoms with E-state index in [0.29, 0.717) is 22.8 Å². The molecule has 43 heavy (non-hydrogen) atoms. The molecule has 0 spiro atoms. The lowest BCUT2D eigenvalue weighted by Gasteiger charge is -2.13. The fraction of sp³-hybridized carbons (Fsp3) is 0.156. The van der Waals surface area contributed by atoms with Gasteiger partial charge in [-0.15, -0.1) is 0 Å². The molecule has 5 aromatic rings. The lowest BCUT2D eigenvalue weighted by molar-refractivity contribution is -0.113. The van der Waals surface area contributed by atoms with Crippen LogP contribution in [0.25, 0.3) is 17.4 Å². The maximum absolute atomic E-state index is 13.9. The molecule has 0 radical (unpaired) electrons. The van der Waals surface area contributed by atoms with Gasteiger partial charge in [0.05, 0.1) is 16.3 Å². The van der Waals surface area contributed by atoms with E-state index in [1.54, 1.807) is 30.9 Å². The Labute approximate surface area is 256 Å². The van der Waals surface area contributed by atoms with Crippen molar-refractivity contribution in [2.24, 2.45) is 7.05 Å². The van der Waals surface area contributed by atoms with Crippen molar-refractivity contribution in [3.63, 3.8) is 0 Å². The summed E-state index contributed by atoms with van der Waals surface area (Å²) in [6.07, 6.45) is 3.08. The second-order valence-electron chi connectivity index (χ2n) is 10.4. The first-order valence-corrected chi connectivity index (χ1v) is 14.7. The molecule has 0 saturated carbocycles. The Kier molecular flexibility index (Phi) is 7.15. The number of fused-ring (bicyclic) bond motifs is 1. The molecule has 0 atom stereocenters. The van der Waals surface area contributed by atoms with E-state index in [9.17, 15) is 14.4 Å². The summed E-state index contributed by atoms with van der Waals surface area (Å²) in [4.78, 5) is 47.5. The normalized spacial score (nSPS) is 14.3. The number of aromatic nitrogens is 4. The number of hydrogen-bond acceptors (Lipinski definition) is 7. The van der Waals surface area contributed by atoms with E-state index in [1.807, 2.05) is 75.4 Å². The third-order valence-corrected chi connectivity index (χ3v) is 8.58. The van der Waals surface area contributed by atoms with Crippen LogP contribution in [0, 0.1) is 27.7 Å². The van der Waals surface area contributed by atoms with Crippen LogP contribution in [-0.2, 0) is 11.8 Å². The highest BCUT2D eigenvalue weighted by molar-refractivity contribution is 8.27. The van der Waals surface area contributed by atoms with Gasteiger partial charge in [-0.2, -0.15) is 4.98 Å². The number of carbonyl (C=O) groups excluding carboxylic acids is 1. The van der Waals surface area contributed by atoms with Crippen LogP contribution in [0.1, 0.15) is 27.9 Å². The number of carbonyl (C=O) groups is 1. The molecule has 0 N–H and O–H groups in total. The molecule has 9 nitrogen and oxygen atoms in total. The molecular formula is C32H27N5O4S2. The molecule has 0 bridgehead atoms. The van der Waals surface area contributed by atoms with E-state index >= 15 is 0 Å². The average molecular weight is 610 g/mol. The molecule has 2 aromatic carbocycles. The van der Waals surface area contributed by atoms with E-state index < -0.39 is 11.5 Å². The minimum Gasteiger partial charge on any atom is -0.438 e. The first kappa shape index (κ1) is 28.4. The zero-order valence-electron chi connectivity index (χ0n) is 24.1. The highest BCUT2D eigenvalue weighted by Gasteiger charge is 2.38. The number of amides is 1. The standard InChI is InChI=1S/C32H27N5O4S2/c1-18-14-19(2)16-23(15-18)41-28-24(29(38)35-13-9-10-20(3)27(35)33-28)17-25-30(39)36(32(42)43-25)26-21(4)34(5)37(31(26)40)22-11-7-6-8-12-22/h6-17H,1-5H3/b25-17+. The molecule has 4 heterocycles. The SMILES string of the molecule is Cc1cc(C)cc(Oc2nc3c(C)cccn3c(=O)c2/C=C2/SC(=S)N(c3c(C)n(C)n(-c4ccccc4)c3=O)C2=O)c1. The predicted octanol–water partition coefficient (Wildman–Crippen LogP) is 5.62. The van der Waals surface area contributed by atoms with Gasteiger partial charge in [0.2, 0.25) is 5.88 Å². The third-order valence-electron chi connectivity index (χ3n) is 7.28. The summed E-state index contributed by atoms with van der Waals surface area (Å²) >= 11 is 6.63. The summed E-state index contributed by atoms with van der Waals surface area (Å²) in [6.45, 7) is 7.53. The molecule has 0 unspecified atom stereocenters. The Morgan fingerprint density at radius 1 is 0.907 bits per heavy atom. The molecule has 1 aliphatic rings. The molecular weight excluding hydrogens is 583 g/mol. The van der Waals surface area contributed by atoms with Crippen LogP contribution in [0.3, 0.4) is 0 Å². The Bertz CT molecular complexity index is 2110. The van der Waals surface area contributed by atoms with Crippen molar-refractivity contribution in [2.75, 3.05) is 4.90 Å². The van der Waals surface area contributed by atoms with Gasteiger partial charge in [-0.1, -0.05) is 54.3 Å². The molecule has 1 fully saturated rings. The van der Waals surface area contributed by atoms with Crippen molar-refractivity contribution in [1.29, 1.82) is 0 Å². The maximum atomic E-state index is 13.9. The molecule has 0 aliphatic carbocycles. The van der Waals surface area contributed by atoms with Crippen molar-refractivity contribution in [3.05, 3.63) is 120 Å². The zero-order valence-corrected chi connectivity index (χ0v) is 25.7.